The summed E-state index contributed by atoms with van der Waals surface area (Å²) in [4.78, 5) is 3.61. The van der Waals surface area contributed by atoms with Crippen LogP contribution in [-0.2, 0) is 5.54 Å². The number of rotatable bonds is 2. The van der Waals surface area contributed by atoms with E-state index < -0.39 is 17.6 Å². The Balaban J connectivity index is 2.37. The van der Waals surface area contributed by atoms with Gasteiger partial charge < -0.3 is 14.7 Å². The lowest BCUT2D eigenvalue weighted by molar-refractivity contribution is -0.190. The highest BCUT2D eigenvalue weighted by Gasteiger charge is 2.53. The fraction of sp³-hybridized carbons (Fsp3) is 0.333. The molecule has 2 rings (SSSR count). The molecule has 0 amide bonds. The minimum Gasteiger partial charge on any atom is -0.472 e. The number of hydrogen-bond acceptors (Lipinski definition) is 5. The number of alkyl halides is 3. The third kappa shape index (κ3) is 1.91. The van der Waals surface area contributed by atoms with E-state index in [2.05, 4.69) is 14.7 Å². The second-order valence-electron chi connectivity index (χ2n) is 3.64. The van der Waals surface area contributed by atoms with Crippen molar-refractivity contribution in [3.05, 3.63) is 24.5 Å². The molecule has 0 aromatic carbocycles. The van der Waals surface area contributed by atoms with Crippen LogP contribution in [0.1, 0.15) is 12.8 Å². The van der Waals surface area contributed by atoms with E-state index in [0.29, 0.717) is 5.56 Å². The van der Waals surface area contributed by atoms with Gasteiger partial charge in [-0.05, 0) is 13.0 Å². The highest BCUT2D eigenvalue weighted by atomic mass is 19.4. The summed E-state index contributed by atoms with van der Waals surface area (Å²) >= 11 is 0. The van der Waals surface area contributed by atoms with Crippen molar-refractivity contribution in [2.75, 3.05) is 0 Å². The van der Waals surface area contributed by atoms with Crippen LogP contribution in [-0.4, -0.2) is 16.3 Å². The van der Waals surface area contributed by atoms with Gasteiger partial charge in [-0.1, -0.05) is 5.16 Å². The predicted octanol–water partition coefficient (Wildman–Crippen LogP) is 2.07. The summed E-state index contributed by atoms with van der Waals surface area (Å²) in [6, 6.07) is 1.50. The Morgan fingerprint density at radius 2 is 2.06 bits per heavy atom. The molecule has 0 spiro atoms. The normalized spacial score (nSPS) is 15.8. The molecule has 0 aliphatic carbocycles. The molecule has 0 fully saturated rings. The first-order valence-electron chi connectivity index (χ1n) is 4.55. The molecule has 0 aliphatic heterocycles. The van der Waals surface area contributed by atoms with Crippen molar-refractivity contribution in [3.8, 4) is 11.4 Å². The molecule has 0 radical (unpaired) electrons. The molecule has 5 nitrogen and oxygen atoms in total. The minimum absolute atomic E-state index is 0.00493. The Kier molecular flexibility index (Phi) is 2.46. The van der Waals surface area contributed by atoms with E-state index in [1.165, 1.54) is 18.6 Å². The molecule has 8 heteroatoms. The molecule has 92 valence electrons. The van der Waals surface area contributed by atoms with Crippen LogP contribution in [0.5, 0.6) is 0 Å². The standard InChI is InChI=1S/C9H8F3N3O2/c1-8(13,9(10,11)12)7-14-6(15-17-7)5-2-3-16-4-5/h2-4H,13H2,1H3. The van der Waals surface area contributed by atoms with E-state index in [0.717, 1.165) is 6.92 Å². The number of aromatic nitrogens is 2. The molecule has 17 heavy (non-hydrogen) atoms. The topological polar surface area (TPSA) is 78.1 Å². The first-order chi connectivity index (χ1) is 7.82. The van der Waals surface area contributed by atoms with Gasteiger partial charge in [-0.3, -0.25) is 0 Å². The van der Waals surface area contributed by atoms with Gasteiger partial charge in [0.15, 0.2) is 5.54 Å². The molecule has 0 saturated heterocycles. The zero-order valence-electron chi connectivity index (χ0n) is 8.65. The van der Waals surface area contributed by atoms with Crippen LogP contribution in [0.2, 0.25) is 0 Å². The summed E-state index contributed by atoms with van der Waals surface area (Å²) in [6.07, 6.45) is -2.04. The van der Waals surface area contributed by atoms with Gasteiger partial charge in [-0.15, -0.1) is 0 Å². The van der Waals surface area contributed by atoms with Crippen molar-refractivity contribution in [2.24, 2.45) is 5.73 Å². The lowest BCUT2D eigenvalue weighted by atomic mass is 10.0. The van der Waals surface area contributed by atoms with Crippen LogP contribution in [0, 0.1) is 0 Å². The summed E-state index contributed by atoms with van der Waals surface area (Å²) in [7, 11) is 0. The van der Waals surface area contributed by atoms with Crippen LogP contribution in [0.25, 0.3) is 11.4 Å². The van der Waals surface area contributed by atoms with Crippen molar-refractivity contribution in [3.63, 3.8) is 0 Å². The molecule has 1 unspecified atom stereocenters. The van der Waals surface area contributed by atoms with Crippen molar-refractivity contribution >= 4 is 0 Å². The van der Waals surface area contributed by atoms with E-state index in [1.807, 2.05) is 0 Å². The van der Waals surface area contributed by atoms with Crippen molar-refractivity contribution < 1.29 is 22.1 Å². The van der Waals surface area contributed by atoms with E-state index in [-0.39, 0.29) is 5.82 Å². The minimum atomic E-state index is -4.67. The number of hydrogen-bond donors (Lipinski definition) is 1. The van der Waals surface area contributed by atoms with E-state index in [1.54, 1.807) is 0 Å². The summed E-state index contributed by atoms with van der Waals surface area (Å²) in [6.45, 7) is 0.764. The van der Waals surface area contributed by atoms with Gasteiger partial charge in [0.1, 0.15) is 6.26 Å². The van der Waals surface area contributed by atoms with Gasteiger partial charge >= 0.3 is 6.18 Å². The Labute approximate surface area is 93.4 Å². The number of furan rings is 1. The SMILES string of the molecule is CC(N)(c1nc(-c2ccoc2)no1)C(F)(F)F. The number of nitrogens with zero attached hydrogens (tertiary/aromatic N) is 2. The van der Waals surface area contributed by atoms with Crippen LogP contribution < -0.4 is 5.73 Å². The highest BCUT2D eigenvalue weighted by Crippen LogP contribution is 2.36. The second-order valence-corrected chi connectivity index (χ2v) is 3.64. The zero-order chi connectivity index (χ0) is 12.7. The third-order valence-electron chi connectivity index (χ3n) is 2.24. The summed E-state index contributed by atoms with van der Waals surface area (Å²) < 4.78 is 47.1. The number of halogens is 3. The Hall–Kier alpha value is -1.83. The Bertz CT molecular complexity index is 502. The maximum atomic E-state index is 12.6. The first kappa shape index (κ1) is 11.6. The summed E-state index contributed by atoms with van der Waals surface area (Å²) in [5, 5.41) is 3.41. The van der Waals surface area contributed by atoms with Gasteiger partial charge in [0.25, 0.3) is 5.89 Å². The van der Waals surface area contributed by atoms with E-state index in [9.17, 15) is 13.2 Å². The first-order valence-corrected chi connectivity index (χ1v) is 4.55. The van der Waals surface area contributed by atoms with Crippen molar-refractivity contribution in [2.45, 2.75) is 18.6 Å². The van der Waals surface area contributed by atoms with Crippen LogP contribution in [0.4, 0.5) is 13.2 Å². The third-order valence-corrected chi connectivity index (χ3v) is 2.24. The van der Waals surface area contributed by atoms with Crippen LogP contribution in [0.3, 0.4) is 0 Å². The maximum Gasteiger partial charge on any atom is 0.415 e. The van der Waals surface area contributed by atoms with E-state index >= 15 is 0 Å². The van der Waals surface area contributed by atoms with Crippen molar-refractivity contribution in [1.29, 1.82) is 0 Å². The summed E-state index contributed by atoms with van der Waals surface area (Å²) in [5.74, 6) is -0.698. The van der Waals surface area contributed by atoms with Gasteiger partial charge in [0.2, 0.25) is 5.82 Å². The molecule has 0 aliphatic rings. The average Bonchev–Trinajstić information content (AvgIpc) is 2.87. The smallest absolute Gasteiger partial charge is 0.415 e. The molecule has 1 atom stereocenters. The molecule has 2 heterocycles. The molecular weight excluding hydrogens is 239 g/mol. The molecule has 2 N–H and O–H groups in total. The molecule has 0 saturated carbocycles. The molecule has 2 aromatic heterocycles. The van der Waals surface area contributed by atoms with Gasteiger partial charge in [-0.25, -0.2) is 0 Å². The van der Waals surface area contributed by atoms with Crippen LogP contribution >= 0.6 is 0 Å². The average molecular weight is 247 g/mol. The fourth-order valence-electron chi connectivity index (χ4n) is 1.06. The lowest BCUT2D eigenvalue weighted by Gasteiger charge is -2.22. The monoisotopic (exact) mass is 247 g/mol. The van der Waals surface area contributed by atoms with Gasteiger partial charge in [-0.2, -0.15) is 18.2 Å². The largest absolute Gasteiger partial charge is 0.472 e. The van der Waals surface area contributed by atoms with Gasteiger partial charge in [0.05, 0.1) is 11.8 Å². The molecule has 0 bridgehead atoms. The Morgan fingerprint density at radius 1 is 1.35 bits per heavy atom. The lowest BCUT2D eigenvalue weighted by Crippen LogP contribution is -2.47. The fourth-order valence-corrected chi connectivity index (χ4v) is 1.06. The highest BCUT2D eigenvalue weighted by molar-refractivity contribution is 5.51. The summed E-state index contributed by atoms with van der Waals surface area (Å²) in [5.41, 5.74) is 2.87. The quantitative estimate of drug-likeness (QED) is 0.878. The van der Waals surface area contributed by atoms with Gasteiger partial charge in [0, 0.05) is 0 Å². The Morgan fingerprint density at radius 3 is 2.59 bits per heavy atom. The van der Waals surface area contributed by atoms with Crippen LogP contribution in [0.15, 0.2) is 27.5 Å². The van der Waals surface area contributed by atoms with E-state index in [4.69, 9.17) is 10.2 Å². The number of nitrogens with two attached hydrogens (primary N) is 1. The predicted molar refractivity (Wildman–Crippen MR) is 49.6 cm³/mol. The molecule has 2 aromatic rings. The van der Waals surface area contributed by atoms with Crippen molar-refractivity contribution in [1.82, 2.24) is 10.1 Å². The maximum absolute atomic E-state index is 12.6. The molecular formula is C9H8F3N3O2. The second kappa shape index (κ2) is 3.59. The zero-order valence-corrected chi connectivity index (χ0v) is 8.65.